The molecule has 0 saturated heterocycles. The Morgan fingerprint density at radius 3 is 2.53 bits per heavy atom. The minimum atomic E-state index is -0.838. The number of benzene rings is 1. The van der Waals surface area contributed by atoms with Crippen LogP contribution in [0.4, 0.5) is 0 Å². The monoisotopic (exact) mass is 463 g/mol. The maximum absolute atomic E-state index is 14.5. The topological polar surface area (TPSA) is 67.9 Å². The highest BCUT2D eigenvalue weighted by Gasteiger charge is 2.66. The summed E-state index contributed by atoms with van der Waals surface area (Å²) >= 11 is 0. The normalized spacial score (nSPS) is 33.7. The van der Waals surface area contributed by atoms with Crippen LogP contribution in [0.1, 0.15) is 93.7 Å². The van der Waals surface area contributed by atoms with Crippen LogP contribution in [0.15, 0.2) is 23.2 Å². The summed E-state index contributed by atoms with van der Waals surface area (Å²) in [5.41, 5.74) is 9.44. The van der Waals surface area contributed by atoms with Gasteiger partial charge in [-0.25, -0.2) is 4.99 Å². The van der Waals surface area contributed by atoms with Gasteiger partial charge in [-0.05, 0) is 86.3 Å². The molecule has 5 nitrogen and oxygen atoms in total. The summed E-state index contributed by atoms with van der Waals surface area (Å²) in [5, 5.41) is 0. The SMILES string of the molecule is COC1CCC2(CC1)Cc1ccc(CCC3CC3)cc1C21N=C(N)N(CC2CCCCC2)C1=O. The first-order chi connectivity index (χ1) is 16.5. The van der Waals surface area contributed by atoms with Gasteiger partial charge in [-0.1, -0.05) is 50.3 Å². The maximum atomic E-state index is 14.5. The zero-order chi connectivity index (χ0) is 23.3. The predicted octanol–water partition coefficient (Wildman–Crippen LogP) is 5.09. The smallest absolute Gasteiger partial charge is 0.262 e. The van der Waals surface area contributed by atoms with Crippen LogP contribution in [0, 0.1) is 17.3 Å². The van der Waals surface area contributed by atoms with Crippen LogP contribution in [0.25, 0.3) is 0 Å². The van der Waals surface area contributed by atoms with Crippen molar-refractivity contribution in [2.24, 2.45) is 28.0 Å². The van der Waals surface area contributed by atoms with Crippen molar-refractivity contribution in [3.63, 3.8) is 0 Å². The highest BCUT2D eigenvalue weighted by molar-refractivity contribution is 6.08. The average molecular weight is 464 g/mol. The van der Waals surface area contributed by atoms with Crippen LogP contribution >= 0.6 is 0 Å². The maximum Gasteiger partial charge on any atom is 0.262 e. The minimum Gasteiger partial charge on any atom is -0.381 e. The van der Waals surface area contributed by atoms with Crippen LogP contribution in [0.2, 0.25) is 0 Å². The number of amides is 1. The molecule has 3 fully saturated rings. The Hall–Kier alpha value is -1.88. The number of hydrogen-bond acceptors (Lipinski definition) is 4. The van der Waals surface area contributed by atoms with Crippen molar-refractivity contribution >= 4 is 11.9 Å². The lowest BCUT2D eigenvalue weighted by Crippen LogP contribution is -2.53. The predicted molar refractivity (Wildman–Crippen MR) is 134 cm³/mol. The summed E-state index contributed by atoms with van der Waals surface area (Å²) in [6.07, 6.45) is 16.5. The van der Waals surface area contributed by atoms with Crippen LogP contribution < -0.4 is 5.73 Å². The van der Waals surface area contributed by atoms with Crippen molar-refractivity contribution in [3.8, 4) is 0 Å². The number of methoxy groups -OCH3 is 1. The Morgan fingerprint density at radius 1 is 1.06 bits per heavy atom. The molecule has 1 heterocycles. The van der Waals surface area contributed by atoms with Gasteiger partial charge in [0.15, 0.2) is 11.5 Å². The first kappa shape index (κ1) is 22.6. The third-order valence-corrected chi connectivity index (χ3v) is 9.90. The molecule has 5 aliphatic rings. The van der Waals surface area contributed by atoms with Gasteiger partial charge in [0.25, 0.3) is 5.91 Å². The van der Waals surface area contributed by atoms with Crippen molar-refractivity contribution in [2.45, 2.75) is 102 Å². The molecule has 4 aliphatic carbocycles. The number of ether oxygens (including phenoxy) is 1. The lowest BCUT2D eigenvalue weighted by Gasteiger charge is -2.45. The molecule has 6 rings (SSSR count). The first-order valence-electron chi connectivity index (χ1n) is 13.9. The minimum absolute atomic E-state index is 0.157. The van der Waals surface area contributed by atoms with Gasteiger partial charge in [0.2, 0.25) is 0 Å². The van der Waals surface area contributed by atoms with E-state index in [0.717, 1.165) is 56.6 Å². The highest BCUT2D eigenvalue weighted by Crippen LogP contribution is 2.62. The molecule has 1 amide bonds. The van der Waals surface area contributed by atoms with E-state index in [-0.39, 0.29) is 17.4 Å². The van der Waals surface area contributed by atoms with E-state index in [1.807, 2.05) is 12.0 Å². The average Bonchev–Trinajstić information content (AvgIpc) is 3.62. The van der Waals surface area contributed by atoms with Crippen LogP contribution in [0.3, 0.4) is 0 Å². The number of hydrogen-bond donors (Lipinski definition) is 1. The molecule has 0 aromatic heterocycles. The number of carbonyl (C=O) groups excluding carboxylic acids is 1. The molecular weight excluding hydrogens is 422 g/mol. The Bertz CT molecular complexity index is 970. The van der Waals surface area contributed by atoms with Gasteiger partial charge >= 0.3 is 0 Å². The molecule has 1 aliphatic heterocycles. The van der Waals surface area contributed by atoms with Gasteiger partial charge in [0.1, 0.15) is 0 Å². The van der Waals surface area contributed by atoms with E-state index in [1.165, 1.54) is 62.5 Å². The Morgan fingerprint density at radius 2 is 1.82 bits per heavy atom. The summed E-state index contributed by atoms with van der Waals surface area (Å²) < 4.78 is 5.72. The van der Waals surface area contributed by atoms with Crippen LogP contribution in [-0.4, -0.2) is 36.5 Å². The molecule has 184 valence electrons. The van der Waals surface area contributed by atoms with Gasteiger partial charge in [-0.2, -0.15) is 0 Å². The molecule has 1 unspecified atom stereocenters. The van der Waals surface area contributed by atoms with Crippen molar-refractivity contribution in [2.75, 3.05) is 13.7 Å². The van der Waals surface area contributed by atoms with Gasteiger partial charge in [0.05, 0.1) is 6.10 Å². The van der Waals surface area contributed by atoms with Gasteiger partial charge in [-0.15, -0.1) is 0 Å². The van der Waals surface area contributed by atoms with Gasteiger partial charge < -0.3 is 10.5 Å². The van der Waals surface area contributed by atoms with E-state index in [4.69, 9.17) is 15.5 Å². The summed E-state index contributed by atoms with van der Waals surface area (Å²) in [6, 6.07) is 6.95. The molecular formula is C29H41N3O2. The molecule has 5 heteroatoms. The zero-order valence-electron chi connectivity index (χ0n) is 20.9. The molecule has 2 spiro atoms. The second-order valence-corrected chi connectivity index (χ2v) is 12.0. The Balaban J connectivity index is 1.37. The summed E-state index contributed by atoms with van der Waals surface area (Å²) in [5.74, 6) is 2.07. The lowest BCUT2D eigenvalue weighted by molar-refractivity contribution is -0.138. The van der Waals surface area contributed by atoms with Gasteiger partial charge in [0, 0.05) is 19.1 Å². The number of aliphatic imine (C=N–C) groups is 1. The van der Waals surface area contributed by atoms with E-state index < -0.39 is 5.54 Å². The number of rotatable bonds is 6. The summed E-state index contributed by atoms with van der Waals surface area (Å²) in [6.45, 7) is 0.739. The second kappa shape index (κ2) is 8.65. The number of nitrogens with two attached hydrogens (primary N) is 1. The lowest BCUT2D eigenvalue weighted by atomic mass is 9.61. The Kier molecular flexibility index (Phi) is 5.75. The van der Waals surface area contributed by atoms with Crippen LogP contribution in [0.5, 0.6) is 0 Å². The third kappa shape index (κ3) is 3.61. The molecule has 34 heavy (non-hydrogen) atoms. The molecule has 3 saturated carbocycles. The first-order valence-corrected chi connectivity index (χ1v) is 13.9. The molecule has 1 atom stereocenters. The number of nitrogens with zero attached hydrogens (tertiary/aromatic N) is 2. The van der Waals surface area contributed by atoms with E-state index in [2.05, 4.69) is 18.2 Å². The van der Waals surface area contributed by atoms with Crippen molar-refractivity contribution < 1.29 is 9.53 Å². The van der Waals surface area contributed by atoms with Crippen molar-refractivity contribution in [3.05, 3.63) is 34.9 Å². The molecule has 2 N–H and O–H groups in total. The summed E-state index contributed by atoms with van der Waals surface area (Å²) in [7, 11) is 1.82. The summed E-state index contributed by atoms with van der Waals surface area (Å²) in [4.78, 5) is 21.6. The van der Waals surface area contributed by atoms with E-state index in [0.29, 0.717) is 11.9 Å². The van der Waals surface area contributed by atoms with Crippen molar-refractivity contribution in [1.82, 2.24) is 4.90 Å². The fraction of sp³-hybridized carbons (Fsp3) is 0.724. The second-order valence-electron chi connectivity index (χ2n) is 12.0. The fourth-order valence-corrected chi connectivity index (χ4v) is 7.65. The van der Waals surface area contributed by atoms with E-state index >= 15 is 0 Å². The highest BCUT2D eigenvalue weighted by atomic mass is 16.5. The Labute approximate surface area is 204 Å². The molecule has 1 aromatic rings. The third-order valence-electron chi connectivity index (χ3n) is 9.90. The molecule has 0 radical (unpaired) electrons. The number of fused-ring (bicyclic) bond motifs is 3. The number of aryl methyl sites for hydroxylation is 1. The van der Waals surface area contributed by atoms with Crippen LogP contribution in [-0.2, 0) is 27.9 Å². The van der Waals surface area contributed by atoms with Crippen molar-refractivity contribution in [1.29, 1.82) is 0 Å². The van der Waals surface area contributed by atoms with E-state index in [9.17, 15) is 4.79 Å². The molecule has 0 bridgehead atoms. The number of guanidine groups is 1. The number of carbonyl (C=O) groups is 1. The largest absolute Gasteiger partial charge is 0.381 e. The quantitative estimate of drug-likeness (QED) is 0.639. The molecule has 1 aromatic carbocycles. The van der Waals surface area contributed by atoms with Gasteiger partial charge in [-0.3, -0.25) is 9.69 Å². The zero-order valence-corrected chi connectivity index (χ0v) is 20.9. The van der Waals surface area contributed by atoms with E-state index in [1.54, 1.807) is 0 Å². The fourth-order valence-electron chi connectivity index (χ4n) is 7.65. The standard InChI is InChI=1S/C29H41N3O2/c1-34-24-13-15-28(16-14-24)18-23-12-11-21(10-9-20-7-8-20)17-25(23)29(28)26(33)32(27(30)31-29)19-22-5-3-2-4-6-22/h11-12,17,20,22,24H,2-10,13-16,18-19H2,1H3,(H2,30,31).